The van der Waals surface area contributed by atoms with Crippen LogP contribution in [0, 0.1) is 0 Å². The van der Waals surface area contributed by atoms with Crippen LogP contribution in [0.1, 0.15) is 0 Å². The van der Waals surface area contributed by atoms with Crippen LogP contribution < -0.4 is 4.74 Å². The average molecular weight is 417 g/mol. The Labute approximate surface area is 166 Å². The van der Waals surface area contributed by atoms with Gasteiger partial charge in [0.15, 0.2) is 0 Å². The molecule has 0 aliphatic rings. The van der Waals surface area contributed by atoms with Crippen LogP contribution in [0.25, 0.3) is 32.7 Å². The molecule has 4 aromatic carbocycles. The van der Waals surface area contributed by atoms with E-state index in [0.717, 1.165) is 21.5 Å². The van der Waals surface area contributed by atoms with E-state index in [1.54, 1.807) is 25.3 Å². The molecule has 4 rings (SSSR count). The highest BCUT2D eigenvalue weighted by molar-refractivity contribution is 8.13. The number of ether oxygens (including phenoxy) is 1. The molecule has 0 unspecified atom stereocenters. The summed E-state index contributed by atoms with van der Waals surface area (Å²) in [5, 5.41) is 3.99. The van der Waals surface area contributed by atoms with Gasteiger partial charge in [-0.3, -0.25) is 0 Å². The number of halogens is 2. The van der Waals surface area contributed by atoms with Crippen LogP contribution in [0.15, 0.2) is 71.6 Å². The first-order chi connectivity index (χ1) is 12.9. The summed E-state index contributed by atoms with van der Waals surface area (Å²) in [4.78, 5) is 0.0450. The first kappa shape index (κ1) is 18.1. The molecule has 0 N–H and O–H groups in total. The number of fused-ring (bicyclic) bond motifs is 2. The summed E-state index contributed by atoms with van der Waals surface area (Å²) in [6.45, 7) is 0. The van der Waals surface area contributed by atoms with Crippen LogP contribution in [-0.4, -0.2) is 15.5 Å². The lowest BCUT2D eigenvalue weighted by atomic mass is 9.93. The van der Waals surface area contributed by atoms with Crippen molar-refractivity contribution >= 4 is 52.9 Å². The van der Waals surface area contributed by atoms with Gasteiger partial charge in [-0.15, -0.1) is 0 Å². The quantitative estimate of drug-likeness (QED) is 0.370. The molecule has 0 atom stereocenters. The van der Waals surface area contributed by atoms with E-state index >= 15 is 0 Å². The Morgan fingerprint density at radius 1 is 0.815 bits per heavy atom. The molecule has 136 valence electrons. The molecule has 0 saturated carbocycles. The number of hydrogen-bond acceptors (Lipinski definition) is 3. The Hall–Kier alpha value is -2.27. The topological polar surface area (TPSA) is 43.4 Å². The third-order valence-electron chi connectivity index (χ3n) is 4.57. The molecule has 27 heavy (non-hydrogen) atoms. The SMILES string of the molecule is COc1ccc2cc(Cl)ccc2c1-c1c(S(=O)(=O)Cl)ccc2ccccc12. The fourth-order valence-corrected chi connectivity index (χ4v) is 4.67. The first-order valence-corrected chi connectivity index (χ1v) is 10.8. The Morgan fingerprint density at radius 3 is 2.26 bits per heavy atom. The smallest absolute Gasteiger partial charge is 0.261 e. The molecule has 0 aliphatic heterocycles. The highest BCUT2D eigenvalue weighted by atomic mass is 35.7. The maximum Gasteiger partial charge on any atom is 0.261 e. The Bertz CT molecular complexity index is 1300. The molecule has 0 saturated heterocycles. The summed E-state index contributed by atoms with van der Waals surface area (Å²) < 4.78 is 30.3. The van der Waals surface area contributed by atoms with Crippen molar-refractivity contribution in [1.29, 1.82) is 0 Å². The zero-order valence-corrected chi connectivity index (χ0v) is 16.6. The van der Waals surface area contributed by atoms with E-state index in [-0.39, 0.29) is 4.90 Å². The van der Waals surface area contributed by atoms with Crippen molar-refractivity contribution in [3.8, 4) is 16.9 Å². The van der Waals surface area contributed by atoms with E-state index in [1.807, 2.05) is 42.5 Å². The van der Waals surface area contributed by atoms with Gasteiger partial charge in [0, 0.05) is 26.8 Å². The second-order valence-corrected chi connectivity index (χ2v) is 9.08. The van der Waals surface area contributed by atoms with Gasteiger partial charge in [0.05, 0.1) is 12.0 Å². The predicted molar refractivity (Wildman–Crippen MR) is 111 cm³/mol. The van der Waals surface area contributed by atoms with Gasteiger partial charge in [-0.2, -0.15) is 0 Å². The molecule has 0 bridgehead atoms. The van der Waals surface area contributed by atoms with Gasteiger partial charge in [-0.1, -0.05) is 54.1 Å². The van der Waals surface area contributed by atoms with Gasteiger partial charge >= 0.3 is 0 Å². The summed E-state index contributed by atoms with van der Waals surface area (Å²) in [5.41, 5.74) is 1.19. The van der Waals surface area contributed by atoms with Crippen molar-refractivity contribution in [2.75, 3.05) is 7.11 Å². The van der Waals surface area contributed by atoms with Gasteiger partial charge in [0.2, 0.25) is 0 Å². The summed E-state index contributed by atoms with van der Waals surface area (Å²) >= 11 is 6.14. The Balaban J connectivity index is 2.26. The van der Waals surface area contributed by atoms with Crippen molar-refractivity contribution in [2.45, 2.75) is 4.90 Å². The zero-order chi connectivity index (χ0) is 19.2. The van der Waals surface area contributed by atoms with E-state index in [4.69, 9.17) is 27.0 Å². The van der Waals surface area contributed by atoms with Crippen molar-refractivity contribution in [3.63, 3.8) is 0 Å². The molecule has 0 aliphatic carbocycles. The van der Waals surface area contributed by atoms with Crippen LogP contribution in [0.2, 0.25) is 5.02 Å². The van der Waals surface area contributed by atoms with Crippen molar-refractivity contribution in [2.24, 2.45) is 0 Å². The number of methoxy groups -OCH3 is 1. The van der Waals surface area contributed by atoms with E-state index in [0.29, 0.717) is 21.9 Å². The lowest BCUT2D eigenvalue weighted by Gasteiger charge is -2.17. The third-order valence-corrected chi connectivity index (χ3v) is 6.17. The van der Waals surface area contributed by atoms with Crippen molar-refractivity contribution < 1.29 is 13.2 Å². The van der Waals surface area contributed by atoms with Crippen LogP contribution in [0.3, 0.4) is 0 Å². The van der Waals surface area contributed by atoms with Crippen LogP contribution in [-0.2, 0) is 9.05 Å². The van der Waals surface area contributed by atoms with Crippen molar-refractivity contribution in [1.82, 2.24) is 0 Å². The van der Waals surface area contributed by atoms with Gasteiger partial charge in [0.1, 0.15) is 5.75 Å². The highest BCUT2D eigenvalue weighted by Crippen LogP contribution is 2.44. The van der Waals surface area contributed by atoms with E-state index in [2.05, 4.69) is 0 Å². The normalized spacial score (nSPS) is 11.8. The first-order valence-electron chi connectivity index (χ1n) is 8.13. The van der Waals surface area contributed by atoms with E-state index < -0.39 is 9.05 Å². The second-order valence-electron chi connectivity index (χ2n) is 6.11. The van der Waals surface area contributed by atoms with Crippen LogP contribution >= 0.6 is 22.3 Å². The molecular formula is C21H14Cl2O3S. The molecular weight excluding hydrogens is 403 g/mol. The molecule has 0 radical (unpaired) electrons. The molecule has 6 heteroatoms. The predicted octanol–water partition coefficient (Wildman–Crippen LogP) is 6.25. The zero-order valence-electron chi connectivity index (χ0n) is 14.2. The third kappa shape index (κ3) is 3.14. The van der Waals surface area contributed by atoms with E-state index in [9.17, 15) is 8.42 Å². The number of benzene rings is 4. The minimum Gasteiger partial charge on any atom is -0.496 e. The summed E-state index contributed by atoms with van der Waals surface area (Å²) in [7, 11) is 3.37. The monoisotopic (exact) mass is 416 g/mol. The Morgan fingerprint density at radius 2 is 1.52 bits per heavy atom. The van der Waals surface area contributed by atoms with Crippen LogP contribution in [0.5, 0.6) is 5.75 Å². The molecule has 0 spiro atoms. The molecule has 0 aromatic heterocycles. The van der Waals surface area contributed by atoms with Gasteiger partial charge < -0.3 is 4.74 Å². The molecule has 4 aromatic rings. The lowest BCUT2D eigenvalue weighted by Crippen LogP contribution is -1.98. The summed E-state index contributed by atoms with van der Waals surface area (Å²) in [6.07, 6.45) is 0. The largest absolute Gasteiger partial charge is 0.496 e. The van der Waals surface area contributed by atoms with Gasteiger partial charge in [-0.25, -0.2) is 8.42 Å². The van der Waals surface area contributed by atoms with Gasteiger partial charge in [0.25, 0.3) is 9.05 Å². The second kappa shape index (κ2) is 6.71. The maximum absolute atomic E-state index is 12.4. The lowest BCUT2D eigenvalue weighted by molar-refractivity contribution is 0.417. The summed E-state index contributed by atoms with van der Waals surface area (Å²) in [6, 6.07) is 20.0. The molecule has 0 fully saturated rings. The Kier molecular flexibility index (Phi) is 4.50. The maximum atomic E-state index is 12.4. The number of hydrogen-bond donors (Lipinski definition) is 0. The van der Waals surface area contributed by atoms with E-state index in [1.165, 1.54) is 6.07 Å². The minimum absolute atomic E-state index is 0.0450. The number of rotatable bonds is 3. The highest BCUT2D eigenvalue weighted by Gasteiger charge is 2.23. The van der Waals surface area contributed by atoms with Gasteiger partial charge in [-0.05, 0) is 45.8 Å². The minimum atomic E-state index is -3.98. The fraction of sp³-hybridized carbons (Fsp3) is 0.0476. The molecule has 0 heterocycles. The van der Waals surface area contributed by atoms with Crippen molar-refractivity contribution in [3.05, 3.63) is 71.8 Å². The standard InChI is InChI=1S/C21H14Cl2O3S/c1-26-18-10-6-14-12-15(22)8-9-17(14)20(18)21-16-5-3-2-4-13(16)7-11-19(21)27(23,24)25/h2-12H,1H3. The average Bonchev–Trinajstić information content (AvgIpc) is 2.65. The van der Waals surface area contributed by atoms with Crippen LogP contribution in [0.4, 0.5) is 0 Å². The fourth-order valence-electron chi connectivity index (χ4n) is 3.42. The molecule has 3 nitrogen and oxygen atoms in total. The molecule has 0 amide bonds. The summed E-state index contributed by atoms with van der Waals surface area (Å²) in [5.74, 6) is 0.558.